The second kappa shape index (κ2) is 7.61. The molecule has 1 aliphatic rings. The molecule has 0 spiro atoms. The van der Waals surface area contributed by atoms with Crippen LogP contribution in [0.15, 0.2) is 18.2 Å². The number of benzene rings is 1. The van der Waals surface area contributed by atoms with E-state index in [0.717, 1.165) is 17.4 Å². The van der Waals surface area contributed by atoms with Crippen molar-refractivity contribution in [2.45, 2.75) is 6.92 Å². The van der Waals surface area contributed by atoms with Crippen molar-refractivity contribution in [2.24, 2.45) is 0 Å². The highest BCUT2D eigenvalue weighted by atomic mass is 35.5. The number of amides is 1. The Bertz CT molecular complexity index is 865. The van der Waals surface area contributed by atoms with Crippen LogP contribution in [0.3, 0.4) is 0 Å². The molecule has 26 heavy (non-hydrogen) atoms. The molecule has 138 valence electrons. The van der Waals surface area contributed by atoms with Gasteiger partial charge in [0.15, 0.2) is 0 Å². The molecule has 2 N–H and O–H groups in total. The molecule has 1 amide bonds. The van der Waals surface area contributed by atoms with E-state index in [1.165, 1.54) is 6.07 Å². The van der Waals surface area contributed by atoms with Crippen molar-refractivity contribution in [1.29, 1.82) is 0 Å². The van der Waals surface area contributed by atoms with Crippen LogP contribution in [0, 0.1) is 12.7 Å². The van der Waals surface area contributed by atoms with Gasteiger partial charge in [-0.15, -0.1) is 11.3 Å². The second-order valence-electron chi connectivity index (χ2n) is 5.76. The Kier molecular flexibility index (Phi) is 5.45. The van der Waals surface area contributed by atoms with Gasteiger partial charge in [0.1, 0.15) is 15.7 Å². The van der Waals surface area contributed by atoms with Crippen LogP contribution in [-0.2, 0) is 4.74 Å². The molecular weight excluding hydrogens is 383 g/mol. The number of carbonyl (C=O) groups excluding carboxylic acids is 1. The van der Waals surface area contributed by atoms with Crippen molar-refractivity contribution >= 4 is 45.5 Å². The maximum atomic E-state index is 14.0. The lowest BCUT2D eigenvalue weighted by atomic mass is 10.1. The summed E-state index contributed by atoms with van der Waals surface area (Å²) in [6.45, 7) is 3.94. The van der Waals surface area contributed by atoms with Gasteiger partial charge in [0, 0.05) is 29.9 Å². The normalized spacial score (nSPS) is 14.3. The number of hydrogen-bond acceptors (Lipinski definition) is 5. The third-order valence-corrected chi connectivity index (χ3v) is 5.80. The molecule has 2 heterocycles. The molecule has 9 heteroatoms. The van der Waals surface area contributed by atoms with Gasteiger partial charge >= 0.3 is 5.97 Å². The number of hydrogen-bond donors (Lipinski definition) is 2. The van der Waals surface area contributed by atoms with Gasteiger partial charge in [0.2, 0.25) is 0 Å². The zero-order valence-corrected chi connectivity index (χ0v) is 15.4. The second-order valence-corrected chi connectivity index (χ2v) is 7.15. The number of carboxylic acid groups (broad SMARTS) is 1. The van der Waals surface area contributed by atoms with Gasteiger partial charge in [0.25, 0.3) is 5.91 Å². The zero-order chi connectivity index (χ0) is 18.8. The first-order valence-electron chi connectivity index (χ1n) is 7.83. The number of halogens is 2. The average Bonchev–Trinajstić information content (AvgIpc) is 2.90. The quantitative estimate of drug-likeness (QED) is 0.822. The van der Waals surface area contributed by atoms with E-state index in [0.29, 0.717) is 42.6 Å². The fraction of sp³-hybridized carbons (Fsp3) is 0.294. The first-order valence-corrected chi connectivity index (χ1v) is 9.03. The Balaban J connectivity index is 1.85. The Morgan fingerprint density at radius 1 is 1.31 bits per heavy atom. The Labute approximate surface area is 158 Å². The molecule has 0 saturated carbocycles. The molecule has 0 aliphatic carbocycles. The minimum atomic E-state index is -1.16. The number of carbonyl (C=O) groups is 2. The highest BCUT2D eigenvalue weighted by molar-refractivity contribution is 7.19. The summed E-state index contributed by atoms with van der Waals surface area (Å²) >= 11 is 6.86. The van der Waals surface area contributed by atoms with Crippen LogP contribution in [0.5, 0.6) is 0 Å². The van der Waals surface area contributed by atoms with Crippen molar-refractivity contribution < 1.29 is 23.8 Å². The molecule has 2 aromatic rings. The number of morpholine rings is 1. The zero-order valence-electron chi connectivity index (χ0n) is 13.8. The molecule has 1 saturated heterocycles. The van der Waals surface area contributed by atoms with Crippen molar-refractivity contribution in [1.82, 2.24) is 0 Å². The predicted molar refractivity (Wildman–Crippen MR) is 98.4 cm³/mol. The van der Waals surface area contributed by atoms with Crippen LogP contribution in [-0.4, -0.2) is 43.3 Å². The van der Waals surface area contributed by atoms with Crippen molar-refractivity contribution in [3.8, 4) is 0 Å². The number of ether oxygens (including phenoxy) is 1. The van der Waals surface area contributed by atoms with Gasteiger partial charge in [-0.1, -0.05) is 11.6 Å². The van der Waals surface area contributed by atoms with E-state index in [9.17, 15) is 14.0 Å². The predicted octanol–water partition coefficient (Wildman–Crippen LogP) is 3.64. The summed E-state index contributed by atoms with van der Waals surface area (Å²) < 4.78 is 19.3. The number of nitrogens with zero attached hydrogens (tertiary/aromatic N) is 1. The third-order valence-electron chi connectivity index (χ3n) is 4.02. The van der Waals surface area contributed by atoms with Crippen LogP contribution in [0.25, 0.3) is 0 Å². The van der Waals surface area contributed by atoms with Crippen LogP contribution < -0.4 is 10.2 Å². The van der Waals surface area contributed by atoms with Gasteiger partial charge in [-0.3, -0.25) is 4.79 Å². The maximum absolute atomic E-state index is 14.0. The molecule has 0 unspecified atom stereocenters. The van der Waals surface area contributed by atoms with Crippen LogP contribution >= 0.6 is 22.9 Å². The molecule has 1 aliphatic heterocycles. The van der Waals surface area contributed by atoms with Gasteiger partial charge in [-0.25, -0.2) is 9.18 Å². The van der Waals surface area contributed by atoms with E-state index in [2.05, 4.69) is 5.32 Å². The summed E-state index contributed by atoms with van der Waals surface area (Å²) in [5.74, 6) is -2.22. The summed E-state index contributed by atoms with van der Waals surface area (Å²) in [6, 6.07) is 4.12. The van der Waals surface area contributed by atoms with Crippen molar-refractivity contribution in [3.63, 3.8) is 0 Å². The number of nitrogens with one attached hydrogen (secondary N) is 1. The van der Waals surface area contributed by atoms with Gasteiger partial charge < -0.3 is 20.1 Å². The van der Waals surface area contributed by atoms with Gasteiger partial charge in [-0.2, -0.15) is 0 Å². The summed E-state index contributed by atoms with van der Waals surface area (Å²) in [4.78, 5) is 25.6. The molecule has 1 aromatic carbocycles. The lowest BCUT2D eigenvalue weighted by Crippen LogP contribution is -2.36. The van der Waals surface area contributed by atoms with E-state index in [-0.39, 0.29) is 15.5 Å². The Hall–Kier alpha value is -2.16. The molecule has 1 fully saturated rings. The minimum Gasteiger partial charge on any atom is -0.477 e. The fourth-order valence-corrected chi connectivity index (χ4v) is 3.91. The molecule has 6 nitrogen and oxygen atoms in total. The number of thiophene rings is 1. The first-order chi connectivity index (χ1) is 12.4. The molecule has 0 bridgehead atoms. The lowest BCUT2D eigenvalue weighted by molar-refractivity contribution is 0.0702. The standard InChI is InChI=1S/C17H16ClFN2O4S/c1-9-13(18)14(17(23)24)26-16(9)20-15(22)10-6-11(19)8-12(7-10)21-2-4-25-5-3-21/h6-8H,2-5H2,1H3,(H,20,22)(H,23,24). The number of anilines is 2. The number of carboxylic acids is 1. The summed E-state index contributed by atoms with van der Waals surface area (Å²) in [7, 11) is 0. The molecule has 3 rings (SSSR count). The van der Waals surface area contributed by atoms with Crippen LogP contribution in [0.1, 0.15) is 25.6 Å². The largest absolute Gasteiger partial charge is 0.477 e. The Morgan fingerprint density at radius 3 is 2.62 bits per heavy atom. The monoisotopic (exact) mass is 398 g/mol. The maximum Gasteiger partial charge on any atom is 0.347 e. The van der Waals surface area contributed by atoms with Crippen LogP contribution in [0.2, 0.25) is 5.02 Å². The van der Waals surface area contributed by atoms with Gasteiger partial charge in [0.05, 0.1) is 18.2 Å². The summed E-state index contributed by atoms with van der Waals surface area (Å²) in [6.07, 6.45) is 0. The van der Waals surface area contributed by atoms with E-state index >= 15 is 0 Å². The highest BCUT2D eigenvalue weighted by Crippen LogP contribution is 2.36. The first kappa shape index (κ1) is 18.6. The highest BCUT2D eigenvalue weighted by Gasteiger charge is 2.21. The van der Waals surface area contributed by atoms with E-state index in [4.69, 9.17) is 21.4 Å². The molecule has 1 aromatic heterocycles. The fourth-order valence-electron chi connectivity index (χ4n) is 2.63. The molecule has 0 atom stereocenters. The van der Waals surface area contributed by atoms with Crippen LogP contribution in [0.4, 0.5) is 15.1 Å². The Morgan fingerprint density at radius 2 is 2.00 bits per heavy atom. The SMILES string of the molecule is Cc1c(NC(=O)c2cc(F)cc(N3CCOCC3)c2)sc(C(=O)O)c1Cl. The van der Waals surface area contributed by atoms with Gasteiger partial charge in [-0.05, 0) is 25.1 Å². The topological polar surface area (TPSA) is 78.9 Å². The average molecular weight is 399 g/mol. The minimum absolute atomic E-state index is 0.0484. The summed E-state index contributed by atoms with van der Waals surface area (Å²) in [5.41, 5.74) is 1.21. The van der Waals surface area contributed by atoms with E-state index in [1.54, 1.807) is 13.0 Å². The number of aromatic carboxylic acids is 1. The third kappa shape index (κ3) is 3.82. The number of rotatable bonds is 4. The smallest absolute Gasteiger partial charge is 0.347 e. The van der Waals surface area contributed by atoms with E-state index in [1.807, 2.05) is 4.90 Å². The molecule has 0 radical (unpaired) electrons. The van der Waals surface area contributed by atoms with E-state index < -0.39 is 17.7 Å². The molecular formula is C17H16ClFN2O4S. The lowest BCUT2D eigenvalue weighted by Gasteiger charge is -2.29. The summed E-state index contributed by atoms with van der Waals surface area (Å²) in [5, 5.41) is 12.2. The van der Waals surface area contributed by atoms with Crippen molar-refractivity contribution in [3.05, 3.63) is 45.0 Å². The van der Waals surface area contributed by atoms with Crippen molar-refractivity contribution in [2.75, 3.05) is 36.5 Å².